The fraction of sp³-hybridized carbons (Fsp3) is 0.417. The maximum atomic E-state index is 11.0. The number of ether oxygens (including phenoxy) is 2. The lowest BCUT2D eigenvalue weighted by molar-refractivity contribution is -0.139. The highest BCUT2D eigenvalue weighted by atomic mass is 16.5. The number of carbonyl (C=O) groups is 1. The number of carboxylic acids is 1. The van der Waals surface area contributed by atoms with Gasteiger partial charge in [-0.1, -0.05) is 0 Å². The van der Waals surface area contributed by atoms with Crippen molar-refractivity contribution in [1.29, 1.82) is 0 Å². The summed E-state index contributed by atoms with van der Waals surface area (Å²) < 4.78 is 10.3. The van der Waals surface area contributed by atoms with Crippen LogP contribution in [0.4, 0.5) is 0 Å². The van der Waals surface area contributed by atoms with Crippen LogP contribution in [0.15, 0.2) is 18.2 Å². The van der Waals surface area contributed by atoms with Crippen molar-refractivity contribution in [3.63, 3.8) is 0 Å². The van der Waals surface area contributed by atoms with Crippen molar-refractivity contribution in [2.24, 2.45) is 5.73 Å². The first kappa shape index (κ1) is 11.7. The van der Waals surface area contributed by atoms with E-state index in [1.165, 1.54) is 0 Å². The highest BCUT2D eigenvalue weighted by Gasteiger charge is 2.58. The summed E-state index contributed by atoms with van der Waals surface area (Å²) in [4.78, 5) is 11.0. The van der Waals surface area contributed by atoms with Crippen LogP contribution in [0.5, 0.6) is 11.5 Å². The van der Waals surface area contributed by atoms with E-state index in [0.717, 1.165) is 5.56 Å². The van der Waals surface area contributed by atoms with E-state index >= 15 is 0 Å². The van der Waals surface area contributed by atoms with Gasteiger partial charge in [-0.2, -0.15) is 0 Å². The molecule has 5 nitrogen and oxygen atoms in total. The van der Waals surface area contributed by atoms with Gasteiger partial charge in [-0.15, -0.1) is 0 Å². The summed E-state index contributed by atoms with van der Waals surface area (Å²) >= 11 is 0. The Kier molecular flexibility index (Phi) is 2.71. The Bertz CT molecular complexity index is 438. The van der Waals surface area contributed by atoms with Crippen LogP contribution < -0.4 is 15.2 Å². The summed E-state index contributed by atoms with van der Waals surface area (Å²) in [7, 11) is 3.11. The molecule has 0 bridgehead atoms. The molecule has 1 aliphatic carbocycles. The zero-order valence-corrected chi connectivity index (χ0v) is 9.77. The van der Waals surface area contributed by atoms with Gasteiger partial charge in [0.25, 0.3) is 0 Å². The fourth-order valence-electron chi connectivity index (χ4n) is 1.96. The maximum Gasteiger partial charge on any atom is 0.324 e. The molecule has 0 amide bonds. The summed E-state index contributed by atoms with van der Waals surface area (Å²) in [6.07, 6.45) is 0.443. The van der Waals surface area contributed by atoms with Crippen molar-refractivity contribution in [1.82, 2.24) is 0 Å². The summed E-state index contributed by atoms with van der Waals surface area (Å²) in [6.45, 7) is 0. The molecule has 1 fully saturated rings. The molecule has 0 aromatic heterocycles. The normalized spacial score (nSPS) is 26.4. The predicted octanol–water partition coefficient (Wildman–Crippen LogP) is 0.973. The van der Waals surface area contributed by atoms with Gasteiger partial charge in [0.05, 0.1) is 14.2 Å². The second-order valence-corrected chi connectivity index (χ2v) is 4.25. The first-order valence-corrected chi connectivity index (χ1v) is 5.26. The van der Waals surface area contributed by atoms with Gasteiger partial charge in [0, 0.05) is 12.0 Å². The van der Waals surface area contributed by atoms with Gasteiger partial charge in [0.15, 0.2) is 0 Å². The molecule has 1 aromatic rings. The van der Waals surface area contributed by atoms with Crippen LogP contribution in [-0.2, 0) is 4.79 Å². The molecule has 0 aliphatic heterocycles. The minimum absolute atomic E-state index is 0.177. The molecule has 1 aromatic carbocycles. The van der Waals surface area contributed by atoms with Crippen LogP contribution >= 0.6 is 0 Å². The smallest absolute Gasteiger partial charge is 0.324 e. The summed E-state index contributed by atoms with van der Waals surface area (Å²) in [5.41, 5.74) is 5.47. The zero-order chi connectivity index (χ0) is 12.6. The average molecular weight is 237 g/mol. The molecule has 1 aliphatic rings. The zero-order valence-electron chi connectivity index (χ0n) is 9.77. The van der Waals surface area contributed by atoms with Crippen LogP contribution in [0.3, 0.4) is 0 Å². The topological polar surface area (TPSA) is 81.8 Å². The SMILES string of the molecule is COc1cc(OC)cc([C@H]2C[C@@]2(N)C(=O)O)c1. The highest BCUT2D eigenvalue weighted by molar-refractivity contribution is 5.85. The molecule has 17 heavy (non-hydrogen) atoms. The van der Waals surface area contributed by atoms with Gasteiger partial charge in [-0.25, -0.2) is 0 Å². The second-order valence-electron chi connectivity index (χ2n) is 4.25. The van der Waals surface area contributed by atoms with Gasteiger partial charge in [-0.05, 0) is 24.1 Å². The Morgan fingerprint density at radius 1 is 1.35 bits per heavy atom. The molecule has 0 heterocycles. The highest BCUT2D eigenvalue weighted by Crippen LogP contribution is 2.50. The van der Waals surface area contributed by atoms with E-state index in [1.807, 2.05) is 0 Å². The van der Waals surface area contributed by atoms with Crippen molar-refractivity contribution in [3.05, 3.63) is 23.8 Å². The van der Waals surface area contributed by atoms with Crippen LogP contribution in [0.2, 0.25) is 0 Å². The fourth-order valence-corrected chi connectivity index (χ4v) is 1.96. The largest absolute Gasteiger partial charge is 0.497 e. The van der Waals surface area contributed by atoms with Crippen LogP contribution in [0, 0.1) is 0 Å². The molecule has 0 radical (unpaired) electrons. The van der Waals surface area contributed by atoms with Crippen LogP contribution in [0.1, 0.15) is 17.9 Å². The Hall–Kier alpha value is -1.75. The summed E-state index contributed by atoms with van der Waals surface area (Å²) in [5, 5.41) is 9.01. The molecule has 5 heteroatoms. The molecule has 1 saturated carbocycles. The molecular weight excluding hydrogens is 222 g/mol. The Labute approximate surface area is 99.1 Å². The first-order valence-electron chi connectivity index (χ1n) is 5.26. The molecule has 2 atom stereocenters. The predicted molar refractivity (Wildman–Crippen MR) is 61.5 cm³/mol. The molecule has 92 valence electrons. The van der Waals surface area contributed by atoms with E-state index in [-0.39, 0.29) is 5.92 Å². The van der Waals surface area contributed by atoms with Gasteiger partial charge < -0.3 is 20.3 Å². The van der Waals surface area contributed by atoms with E-state index in [0.29, 0.717) is 17.9 Å². The van der Waals surface area contributed by atoms with E-state index < -0.39 is 11.5 Å². The molecule has 0 unspecified atom stereocenters. The first-order chi connectivity index (χ1) is 8.01. The number of carboxylic acid groups (broad SMARTS) is 1. The quantitative estimate of drug-likeness (QED) is 0.815. The van der Waals surface area contributed by atoms with E-state index in [1.54, 1.807) is 32.4 Å². The monoisotopic (exact) mass is 237 g/mol. The third-order valence-corrected chi connectivity index (χ3v) is 3.18. The molecule has 0 spiro atoms. The third kappa shape index (κ3) is 1.93. The number of nitrogens with two attached hydrogens (primary N) is 1. The van der Waals surface area contributed by atoms with Crippen molar-refractivity contribution in [2.75, 3.05) is 14.2 Å². The molecule has 0 saturated heterocycles. The van der Waals surface area contributed by atoms with Crippen molar-refractivity contribution in [3.8, 4) is 11.5 Å². The van der Waals surface area contributed by atoms with Gasteiger partial charge in [0.2, 0.25) is 0 Å². The lowest BCUT2D eigenvalue weighted by Gasteiger charge is -2.10. The van der Waals surface area contributed by atoms with Crippen molar-refractivity contribution >= 4 is 5.97 Å². The maximum absolute atomic E-state index is 11.0. The number of hydrogen-bond acceptors (Lipinski definition) is 4. The molecular formula is C12H15NO4. The minimum Gasteiger partial charge on any atom is -0.497 e. The molecule has 2 rings (SSSR count). The minimum atomic E-state index is -1.14. The van der Waals surface area contributed by atoms with Gasteiger partial charge in [0.1, 0.15) is 17.0 Å². The molecule has 3 N–H and O–H groups in total. The lowest BCUT2D eigenvalue weighted by atomic mass is 10.1. The van der Waals surface area contributed by atoms with Crippen LogP contribution in [-0.4, -0.2) is 30.8 Å². The summed E-state index contributed by atoms with van der Waals surface area (Å²) in [5.74, 6) is 0.131. The standard InChI is InChI=1S/C12H15NO4/c1-16-8-3-7(4-9(5-8)17-2)10-6-12(10,13)11(14)15/h3-5,10H,6,13H2,1-2H3,(H,14,15)/t10-,12+/m1/s1. The van der Waals surface area contributed by atoms with Crippen molar-refractivity contribution < 1.29 is 19.4 Å². The number of aliphatic carboxylic acids is 1. The van der Waals surface area contributed by atoms with Gasteiger partial charge in [-0.3, -0.25) is 4.79 Å². The Balaban J connectivity index is 2.31. The lowest BCUT2D eigenvalue weighted by Crippen LogP contribution is -2.34. The third-order valence-electron chi connectivity index (χ3n) is 3.18. The van der Waals surface area contributed by atoms with E-state index in [2.05, 4.69) is 0 Å². The van der Waals surface area contributed by atoms with Gasteiger partial charge >= 0.3 is 5.97 Å². The van der Waals surface area contributed by atoms with Crippen LogP contribution in [0.25, 0.3) is 0 Å². The number of benzene rings is 1. The van der Waals surface area contributed by atoms with E-state index in [9.17, 15) is 4.79 Å². The summed E-state index contributed by atoms with van der Waals surface area (Å²) in [6, 6.07) is 5.33. The number of hydrogen-bond donors (Lipinski definition) is 2. The van der Waals surface area contributed by atoms with Crippen molar-refractivity contribution in [2.45, 2.75) is 17.9 Å². The second kappa shape index (κ2) is 3.92. The Morgan fingerprint density at radius 2 is 1.88 bits per heavy atom. The number of rotatable bonds is 4. The number of methoxy groups -OCH3 is 2. The Morgan fingerprint density at radius 3 is 2.24 bits per heavy atom. The average Bonchev–Trinajstić information content (AvgIpc) is 3.02. The van der Waals surface area contributed by atoms with E-state index in [4.69, 9.17) is 20.3 Å².